The van der Waals surface area contributed by atoms with Crippen LogP contribution < -0.4 is 10.2 Å². The van der Waals surface area contributed by atoms with Crippen LogP contribution in [0.1, 0.15) is 32.0 Å². The van der Waals surface area contributed by atoms with Crippen LogP contribution in [0, 0.1) is 0 Å². The summed E-state index contributed by atoms with van der Waals surface area (Å²) in [6, 6.07) is 4.60. The topological polar surface area (TPSA) is 37.4 Å². The largest absolute Gasteiger partial charge is 0.380 e. The van der Waals surface area contributed by atoms with Gasteiger partial charge in [0.15, 0.2) is 0 Å². The molecule has 0 saturated carbocycles. The molecule has 1 N–H and O–H groups in total. The zero-order chi connectivity index (χ0) is 12.8. The smallest absolute Gasteiger partial charge is 0.0641 e. The number of ether oxygens (including phenoxy) is 1. The summed E-state index contributed by atoms with van der Waals surface area (Å²) >= 11 is 0. The van der Waals surface area contributed by atoms with E-state index in [0.717, 1.165) is 45.0 Å². The molecule has 4 nitrogen and oxygen atoms in total. The Morgan fingerprint density at radius 2 is 2.28 bits per heavy atom. The van der Waals surface area contributed by atoms with E-state index in [4.69, 9.17) is 4.74 Å². The highest BCUT2D eigenvalue weighted by Crippen LogP contribution is 2.17. The van der Waals surface area contributed by atoms with E-state index in [1.807, 2.05) is 6.20 Å². The Morgan fingerprint density at radius 3 is 3.00 bits per heavy atom. The molecule has 100 valence electrons. The summed E-state index contributed by atoms with van der Waals surface area (Å²) in [6.07, 6.45) is 3.07. The average Bonchev–Trinajstić information content (AvgIpc) is 2.68. The zero-order valence-corrected chi connectivity index (χ0v) is 11.4. The molecule has 1 aliphatic rings. The second-order valence-electron chi connectivity index (χ2n) is 4.67. The van der Waals surface area contributed by atoms with Crippen molar-refractivity contribution in [3.8, 4) is 0 Å². The number of rotatable bonds is 4. The molecule has 2 rings (SSSR count). The average molecular weight is 249 g/mol. The minimum absolute atomic E-state index is 0.316. The summed E-state index contributed by atoms with van der Waals surface area (Å²) in [7, 11) is 0. The van der Waals surface area contributed by atoms with Gasteiger partial charge in [-0.1, -0.05) is 6.92 Å². The van der Waals surface area contributed by atoms with Gasteiger partial charge in [-0.2, -0.15) is 0 Å². The minimum atomic E-state index is 0.316. The number of pyridine rings is 1. The fourth-order valence-corrected chi connectivity index (χ4v) is 2.26. The Labute approximate surface area is 109 Å². The number of aromatic nitrogens is 1. The summed E-state index contributed by atoms with van der Waals surface area (Å²) in [5.74, 6) is 0. The van der Waals surface area contributed by atoms with Crippen molar-refractivity contribution in [2.75, 3.05) is 37.7 Å². The van der Waals surface area contributed by atoms with E-state index in [1.54, 1.807) is 0 Å². The molecule has 0 bridgehead atoms. The Hall–Kier alpha value is -1.13. The van der Waals surface area contributed by atoms with E-state index in [0.29, 0.717) is 6.04 Å². The van der Waals surface area contributed by atoms with Crippen LogP contribution in [-0.4, -0.2) is 37.8 Å². The second-order valence-corrected chi connectivity index (χ2v) is 4.67. The fourth-order valence-electron chi connectivity index (χ4n) is 2.26. The van der Waals surface area contributed by atoms with Crippen LogP contribution in [0.25, 0.3) is 0 Å². The summed E-state index contributed by atoms with van der Waals surface area (Å²) in [5, 5.41) is 3.37. The maximum absolute atomic E-state index is 5.47. The zero-order valence-electron chi connectivity index (χ0n) is 11.4. The second kappa shape index (κ2) is 6.71. The van der Waals surface area contributed by atoms with E-state index >= 15 is 0 Å². The summed E-state index contributed by atoms with van der Waals surface area (Å²) in [5.41, 5.74) is 2.31. The molecular formula is C14H23N3O. The molecule has 1 aromatic heterocycles. The van der Waals surface area contributed by atoms with Crippen molar-refractivity contribution in [1.29, 1.82) is 0 Å². The normalized spacial score (nSPS) is 18.4. The quantitative estimate of drug-likeness (QED) is 0.885. The lowest BCUT2D eigenvalue weighted by Crippen LogP contribution is -2.26. The molecule has 1 fully saturated rings. The fraction of sp³-hybridized carbons (Fsp3) is 0.643. The van der Waals surface area contributed by atoms with Crippen LogP contribution in [-0.2, 0) is 4.74 Å². The SMILES string of the molecule is CCNC(C)c1ccc(N2CCCOCC2)cn1. The molecule has 1 atom stereocenters. The third-order valence-electron chi connectivity index (χ3n) is 3.31. The molecule has 0 amide bonds. The van der Waals surface area contributed by atoms with Crippen molar-refractivity contribution < 1.29 is 4.74 Å². The van der Waals surface area contributed by atoms with E-state index < -0.39 is 0 Å². The molecule has 2 heterocycles. The van der Waals surface area contributed by atoms with E-state index in [1.165, 1.54) is 5.69 Å². The Bertz CT molecular complexity index is 345. The van der Waals surface area contributed by atoms with Crippen LogP contribution in [0.3, 0.4) is 0 Å². The van der Waals surface area contributed by atoms with Gasteiger partial charge in [-0.15, -0.1) is 0 Å². The highest BCUT2D eigenvalue weighted by atomic mass is 16.5. The van der Waals surface area contributed by atoms with Gasteiger partial charge in [-0.05, 0) is 32.0 Å². The van der Waals surface area contributed by atoms with E-state index in [-0.39, 0.29) is 0 Å². The van der Waals surface area contributed by atoms with Crippen molar-refractivity contribution in [2.45, 2.75) is 26.3 Å². The Balaban J connectivity index is 2.01. The molecule has 0 spiro atoms. The first kappa shape index (κ1) is 13.3. The lowest BCUT2D eigenvalue weighted by atomic mass is 10.2. The molecule has 0 aromatic carbocycles. The van der Waals surface area contributed by atoms with Crippen molar-refractivity contribution in [2.24, 2.45) is 0 Å². The summed E-state index contributed by atoms with van der Waals surface area (Å²) in [4.78, 5) is 6.91. The van der Waals surface area contributed by atoms with Crippen molar-refractivity contribution >= 4 is 5.69 Å². The summed E-state index contributed by atoms with van der Waals surface area (Å²) < 4.78 is 5.47. The standard InChI is InChI=1S/C14H23N3O/c1-3-15-12(2)14-6-5-13(11-16-14)17-7-4-9-18-10-8-17/h5-6,11-12,15H,3-4,7-10H2,1-2H3. The molecule has 0 radical (unpaired) electrons. The first-order valence-corrected chi connectivity index (χ1v) is 6.83. The number of hydrogen-bond donors (Lipinski definition) is 1. The van der Waals surface area contributed by atoms with Gasteiger partial charge in [0.25, 0.3) is 0 Å². The van der Waals surface area contributed by atoms with Gasteiger partial charge in [0, 0.05) is 25.7 Å². The van der Waals surface area contributed by atoms with Crippen LogP contribution in [0.5, 0.6) is 0 Å². The van der Waals surface area contributed by atoms with Gasteiger partial charge in [0.05, 0.1) is 24.2 Å². The Morgan fingerprint density at radius 1 is 1.39 bits per heavy atom. The third-order valence-corrected chi connectivity index (χ3v) is 3.31. The van der Waals surface area contributed by atoms with Crippen molar-refractivity contribution in [3.63, 3.8) is 0 Å². The lowest BCUT2D eigenvalue weighted by Gasteiger charge is -2.22. The van der Waals surface area contributed by atoms with Crippen LogP contribution >= 0.6 is 0 Å². The molecule has 4 heteroatoms. The van der Waals surface area contributed by atoms with E-state index in [9.17, 15) is 0 Å². The maximum atomic E-state index is 5.47. The molecular weight excluding hydrogens is 226 g/mol. The number of nitrogens with zero attached hydrogens (tertiary/aromatic N) is 2. The predicted octanol–water partition coefficient (Wildman–Crippen LogP) is 1.98. The number of nitrogens with one attached hydrogen (secondary N) is 1. The van der Waals surface area contributed by atoms with Gasteiger partial charge in [-0.25, -0.2) is 0 Å². The predicted molar refractivity (Wildman–Crippen MR) is 74.0 cm³/mol. The molecule has 18 heavy (non-hydrogen) atoms. The maximum Gasteiger partial charge on any atom is 0.0641 e. The minimum Gasteiger partial charge on any atom is -0.380 e. The summed E-state index contributed by atoms with van der Waals surface area (Å²) in [6.45, 7) is 8.93. The number of anilines is 1. The highest BCUT2D eigenvalue weighted by molar-refractivity contribution is 5.44. The molecule has 1 aromatic rings. The molecule has 1 saturated heterocycles. The molecule has 1 aliphatic heterocycles. The lowest BCUT2D eigenvalue weighted by molar-refractivity contribution is 0.152. The van der Waals surface area contributed by atoms with Crippen LogP contribution in [0.2, 0.25) is 0 Å². The third kappa shape index (κ3) is 3.43. The molecule has 0 aliphatic carbocycles. The van der Waals surface area contributed by atoms with Crippen LogP contribution in [0.4, 0.5) is 5.69 Å². The first-order chi connectivity index (χ1) is 8.81. The molecule has 1 unspecified atom stereocenters. The van der Waals surface area contributed by atoms with Crippen molar-refractivity contribution in [3.05, 3.63) is 24.0 Å². The Kier molecular flexibility index (Phi) is 4.96. The first-order valence-electron chi connectivity index (χ1n) is 6.83. The van der Waals surface area contributed by atoms with E-state index in [2.05, 4.69) is 41.2 Å². The van der Waals surface area contributed by atoms with Gasteiger partial charge in [0.2, 0.25) is 0 Å². The highest BCUT2D eigenvalue weighted by Gasteiger charge is 2.11. The van der Waals surface area contributed by atoms with Crippen LogP contribution in [0.15, 0.2) is 18.3 Å². The van der Waals surface area contributed by atoms with Gasteiger partial charge in [-0.3, -0.25) is 4.98 Å². The van der Waals surface area contributed by atoms with Gasteiger partial charge < -0.3 is 15.0 Å². The number of hydrogen-bond acceptors (Lipinski definition) is 4. The van der Waals surface area contributed by atoms with Gasteiger partial charge >= 0.3 is 0 Å². The van der Waals surface area contributed by atoms with Gasteiger partial charge in [0.1, 0.15) is 0 Å². The monoisotopic (exact) mass is 249 g/mol. The van der Waals surface area contributed by atoms with Crippen molar-refractivity contribution in [1.82, 2.24) is 10.3 Å².